The predicted octanol–water partition coefficient (Wildman–Crippen LogP) is 4.06. The summed E-state index contributed by atoms with van der Waals surface area (Å²) in [6.45, 7) is 2.92. The second-order valence-corrected chi connectivity index (χ2v) is 8.23. The maximum absolute atomic E-state index is 12.7. The lowest BCUT2D eigenvalue weighted by Gasteiger charge is -2.43. The van der Waals surface area contributed by atoms with Gasteiger partial charge in [-0.2, -0.15) is 0 Å². The Kier molecular flexibility index (Phi) is 5.60. The number of carbonyl (C=O) groups is 2. The third-order valence-corrected chi connectivity index (χ3v) is 6.24. The molecule has 1 amide bonds. The molecular formula is C23H24ClNO5. The van der Waals surface area contributed by atoms with E-state index in [1.54, 1.807) is 42.3 Å². The number of fused-ring (bicyclic) bond motifs is 1. The first-order chi connectivity index (χ1) is 14.4. The zero-order valence-corrected chi connectivity index (χ0v) is 17.8. The van der Waals surface area contributed by atoms with Crippen LogP contribution in [-0.2, 0) is 4.79 Å². The van der Waals surface area contributed by atoms with E-state index in [9.17, 15) is 9.59 Å². The van der Waals surface area contributed by atoms with E-state index in [4.69, 9.17) is 25.8 Å². The summed E-state index contributed by atoms with van der Waals surface area (Å²) in [6.07, 6.45) is 1.53. The molecular weight excluding hydrogens is 406 g/mol. The summed E-state index contributed by atoms with van der Waals surface area (Å²) >= 11 is 6.02. The van der Waals surface area contributed by atoms with Crippen molar-refractivity contribution < 1.29 is 23.8 Å². The number of hydrogen-bond donors (Lipinski definition) is 0. The number of nitrogens with zero attached hydrogens (tertiary/aromatic N) is 1. The van der Waals surface area contributed by atoms with E-state index >= 15 is 0 Å². The fourth-order valence-corrected chi connectivity index (χ4v) is 4.10. The highest BCUT2D eigenvalue weighted by Crippen LogP contribution is 2.40. The molecule has 0 N–H and O–H groups in total. The smallest absolute Gasteiger partial charge is 0.260 e. The molecule has 0 aliphatic carbocycles. The minimum Gasteiger partial charge on any atom is -0.497 e. The van der Waals surface area contributed by atoms with Gasteiger partial charge in [0.2, 0.25) is 0 Å². The molecule has 30 heavy (non-hydrogen) atoms. The van der Waals surface area contributed by atoms with Gasteiger partial charge in [0.05, 0.1) is 19.1 Å². The van der Waals surface area contributed by atoms with Crippen LogP contribution in [0.25, 0.3) is 0 Å². The molecule has 0 saturated carbocycles. The van der Waals surface area contributed by atoms with Crippen molar-refractivity contribution in [1.29, 1.82) is 0 Å². The average Bonchev–Trinajstić information content (AvgIpc) is 2.74. The van der Waals surface area contributed by atoms with Crippen LogP contribution in [0.3, 0.4) is 0 Å². The van der Waals surface area contributed by atoms with Crippen molar-refractivity contribution in [3.8, 4) is 17.2 Å². The molecule has 0 bridgehead atoms. The van der Waals surface area contributed by atoms with E-state index in [0.717, 1.165) is 5.56 Å². The molecule has 2 aromatic rings. The van der Waals surface area contributed by atoms with Gasteiger partial charge >= 0.3 is 0 Å². The number of aryl methyl sites for hydroxylation is 1. The van der Waals surface area contributed by atoms with E-state index in [2.05, 4.69) is 0 Å². The zero-order chi connectivity index (χ0) is 21.3. The van der Waals surface area contributed by atoms with E-state index < -0.39 is 5.60 Å². The fourth-order valence-electron chi connectivity index (χ4n) is 3.99. The number of carbonyl (C=O) groups excluding carboxylic acids is 2. The predicted molar refractivity (Wildman–Crippen MR) is 113 cm³/mol. The lowest BCUT2D eigenvalue weighted by molar-refractivity contribution is -0.136. The molecule has 2 aliphatic heterocycles. The van der Waals surface area contributed by atoms with Gasteiger partial charge in [0.1, 0.15) is 22.8 Å². The Hall–Kier alpha value is -2.73. The van der Waals surface area contributed by atoms with Crippen LogP contribution in [-0.4, -0.2) is 49.0 Å². The van der Waals surface area contributed by atoms with Crippen molar-refractivity contribution in [1.82, 2.24) is 4.90 Å². The van der Waals surface area contributed by atoms with Gasteiger partial charge in [0, 0.05) is 31.0 Å². The number of Topliss-reactive ketones (excluding diaryl/α,β-unsaturated/α-hetero) is 1. The van der Waals surface area contributed by atoms with Crippen molar-refractivity contribution in [2.24, 2.45) is 0 Å². The van der Waals surface area contributed by atoms with Gasteiger partial charge in [0.25, 0.3) is 5.91 Å². The van der Waals surface area contributed by atoms with E-state index in [0.29, 0.717) is 60.2 Å². The van der Waals surface area contributed by atoms with Gasteiger partial charge < -0.3 is 19.1 Å². The number of hydrogen-bond acceptors (Lipinski definition) is 5. The molecule has 1 spiro atoms. The first-order valence-electron chi connectivity index (χ1n) is 9.96. The Labute approximate surface area is 180 Å². The van der Waals surface area contributed by atoms with E-state index in [1.807, 2.05) is 13.0 Å². The summed E-state index contributed by atoms with van der Waals surface area (Å²) in [4.78, 5) is 27.1. The maximum atomic E-state index is 12.7. The summed E-state index contributed by atoms with van der Waals surface area (Å²) in [5.74, 6) is 1.82. The summed E-state index contributed by atoms with van der Waals surface area (Å²) in [7, 11) is 1.57. The molecule has 7 heteroatoms. The quantitative estimate of drug-likeness (QED) is 0.733. The van der Waals surface area contributed by atoms with Crippen LogP contribution < -0.4 is 14.2 Å². The van der Waals surface area contributed by atoms with Gasteiger partial charge in [0.15, 0.2) is 12.4 Å². The molecule has 158 valence electrons. The fraction of sp³-hybridized carbons (Fsp3) is 0.391. The van der Waals surface area contributed by atoms with Crippen LogP contribution in [0.2, 0.25) is 5.02 Å². The Morgan fingerprint density at radius 3 is 2.60 bits per heavy atom. The Balaban J connectivity index is 1.35. The molecule has 2 heterocycles. The molecule has 0 aromatic heterocycles. The molecule has 2 aromatic carbocycles. The van der Waals surface area contributed by atoms with Crippen LogP contribution in [0.5, 0.6) is 17.2 Å². The Morgan fingerprint density at radius 2 is 1.90 bits per heavy atom. The third-order valence-electron chi connectivity index (χ3n) is 5.82. The molecule has 0 radical (unpaired) electrons. The van der Waals surface area contributed by atoms with Crippen LogP contribution in [0.15, 0.2) is 36.4 Å². The topological polar surface area (TPSA) is 65.1 Å². The van der Waals surface area contributed by atoms with Crippen LogP contribution in [0.4, 0.5) is 0 Å². The number of likely N-dealkylation sites (tertiary alicyclic amines) is 1. The number of ether oxygens (including phenoxy) is 3. The third kappa shape index (κ3) is 4.10. The summed E-state index contributed by atoms with van der Waals surface area (Å²) < 4.78 is 17.1. The summed E-state index contributed by atoms with van der Waals surface area (Å²) in [6, 6.07) is 10.6. The number of piperidine rings is 1. The highest BCUT2D eigenvalue weighted by atomic mass is 35.5. The van der Waals surface area contributed by atoms with Crippen molar-refractivity contribution in [3.05, 3.63) is 52.5 Å². The molecule has 1 fully saturated rings. The maximum Gasteiger partial charge on any atom is 0.260 e. The Bertz CT molecular complexity index is 982. The highest BCUT2D eigenvalue weighted by molar-refractivity contribution is 6.31. The van der Waals surface area contributed by atoms with E-state index in [1.165, 1.54) is 0 Å². The summed E-state index contributed by atoms with van der Waals surface area (Å²) in [5.41, 5.74) is 0.910. The number of methoxy groups -OCH3 is 1. The molecule has 0 unspecified atom stereocenters. The van der Waals surface area contributed by atoms with Gasteiger partial charge in [-0.1, -0.05) is 11.6 Å². The number of halogens is 1. The molecule has 0 atom stereocenters. The average molecular weight is 430 g/mol. The largest absolute Gasteiger partial charge is 0.497 e. The van der Waals surface area contributed by atoms with Gasteiger partial charge in [-0.15, -0.1) is 0 Å². The first-order valence-corrected chi connectivity index (χ1v) is 10.3. The highest BCUT2D eigenvalue weighted by Gasteiger charge is 2.43. The van der Waals surface area contributed by atoms with Crippen LogP contribution in [0.1, 0.15) is 35.2 Å². The second kappa shape index (κ2) is 8.19. The van der Waals surface area contributed by atoms with Gasteiger partial charge in [-0.3, -0.25) is 9.59 Å². The number of ketones is 1. The molecule has 4 rings (SSSR count). The minimum absolute atomic E-state index is 0.0313. The van der Waals surface area contributed by atoms with Gasteiger partial charge in [-0.25, -0.2) is 0 Å². The summed E-state index contributed by atoms with van der Waals surface area (Å²) in [5, 5.41) is 0.664. The molecule has 6 nitrogen and oxygen atoms in total. The van der Waals surface area contributed by atoms with E-state index in [-0.39, 0.29) is 18.3 Å². The van der Waals surface area contributed by atoms with Crippen molar-refractivity contribution in [3.63, 3.8) is 0 Å². The standard InChI is InChI=1S/C23H24ClNO5/c1-15-11-17(3-5-19(15)24)29-14-22(27)25-9-7-23(8-10-25)13-20(26)18-12-16(28-2)4-6-21(18)30-23/h3-6,11-12H,7-10,13-14H2,1-2H3. The number of rotatable bonds is 4. The zero-order valence-electron chi connectivity index (χ0n) is 17.1. The number of benzene rings is 2. The Morgan fingerprint density at radius 1 is 1.17 bits per heavy atom. The molecule has 1 saturated heterocycles. The second-order valence-electron chi connectivity index (χ2n) is 7.83. The molecule has 2 aliphatic rings. The van der Waals surface area contributed by atoms with Crippen LogP contribution >= 0.6 is 11.6 Å². The van der Waals surface area contributed by atoms with Crippen molar-refractivity contribution in [2.45, 2.75) is 31.8 Å². The minimum atomic E-state index is -0.552. The lowest BCUT2D eigenvalue weighted by atomic mass is 9.82. The van der Waals surface area contributed by atoms with Crippen LogP contribution in [0, 0.1) is 6.92 Å². The SMILES string of the molecule is COc1ccc2c(c1)C(=O)CC1(CCN(C(=O)COc3ccc(Cl)c(C)c3)CC1)O2. The van der Waals surface area contributed by atoms with Crippen molar-refractivity contribution >= 4 is 23.3 Å². The monoisotopic (exact) mass is 429 g/mol. The van der Waals surface area contributed by atoms with Crippen molar-refractivity contribution in [2.75, 3.05) is 26.8 Å². The first kappa shape index (κ1) is 20.5. The number of amides is 1. The lowest BCUT2D eigenvalue weighted by Crippen LogP contribution is -2.53. The normalized spacial score (nSPS) is 17.3. The van der Waals surface area contributed by atoms with Gasteiger partial charge in [-0.05, 0) is 48.9 Å².